The van der Waals surface area contributed by atoms with E-state index in [4.69, 9.17) is 4.98 Å². The zero-order valence-electron chi connectivity index (χ0n) is 15.8. The number of thiazole rings is 1. The van der Waals surface area contributed by atoms with E-state index < -0.39 is 0 Å². The molecule has 0 amide bonds. The predicted octanol–water partition coefficient (Wildman–Crippen LogP) is 3.75. The summed E-state index contributed by atoms with van der Waals surface area (Å²) in [4.78, 5) is 13.5. The molecule has 0 spiro atoms. The van der Waals surface area contributed by atoms with Crippen LogP contribution in [-0.2, 0) is 13.0 Å². The highest BCUT2D eigenvalue weighted by Crippen LogP contribution is 2.24. The smallest absolute Gasteiger partial charge is 0.193 e. The molecule has 2 aromatic rings. The minimum absolute atomic E-state index is 0. The molecule has 1 N–H and O–H groups in total. The fraction of sp³-hybridized carbons (Fsp3) is 0.474. The lowest BCUT2D eigenvalue weighted by Gasteiger charge is -2.22. The summed E-state index contributed by atoms with van der Waals surface area (Å²) >= 11 is 1.74. The number of benzene rings is 1. The van der Waals surface area contributed by atoms with Crippen LogP contribution in [0.1, 0.15) is 24.1 Å². The van der Waals surface area contributed by atoms with Gasteiger partial charge in [-0.25, -0.2) is 9.37 Å². The van der Waals surface area contributed by atoms with Crippen LogP contribution in [0.25, 0.3) is 0 Å². The molecule has 2 heterocycles. The van der Waals surface area contributed by atoms with E-state index in [0.29, 0.717) is 6.54 Å². The van der Waals surface area contributed by atoms with Crippen molar-refractivity contribution in [3.8, 4) is 0 Å². The Hall–Kier alpha value is -1.42. The van der Waals surface area contributed by atoms with E-state index in [1.807, 2.05) is 11.9 Å². The van der Waals surface area contributed by atoms with Gasteiger partial charge >= 0.3 is 0 Å². The van der Waals surface area contributed by atoms with Crippen LogP contribution in [0.4, 0.5) is 9.52 Å². The number of hydrogen-bond donors (Lipinski definition) is 1. The van der Waals surface area contributed by atoms with Gasteiger partial charge in [0.25, 0.3) is 0 Å². The molecule has 5 nitrogen and oxygen atoms in total. The van der Waals surface area contributed by atoms with E-state index in [1.54, 1.807) is 30.5 Å². The normalized spacial score (nSPS) is 14.2. The van der Waals surface area contributed by atoms with E-state index in [-0.39, 0.29) is 29.8 Å². The van der Waals surface area contributed by atoms with Crippen molar-refractivity contribution in [3.63, 3.8) is 0 Å². The van der Waals surface area contributed by atoms with E-state index in [2.05, 4.69) is 20.6 Å². The summed E-state index contributed by atoms with van der Waals surface area (Å²) in [5.41, 5.74) is 2.17. The molecule has 1 aliphatic rings. The maximum atomic E-state index is 13.0. The molecule has 1 saturated heterocycles. The van der Waals surface area contributed by atoms with Crippen molar-refractivity contribution < 1.29 is 4.39 Å². The summed E-state index contributed by atoms with van der Waals surface area (Å²) in [6.07, 6.45) is 3.41. The summed E-state index contributed by atoms with van der Waals surface area (Å²) < 4.78 is 13.0. The molecular formula is C19H27FIN5S. The van der Waals surface area contributed by atoms with Gasteiger partial charge in [-0.3, -0.25) is 4.99 Å². The largest absolute Gasteiger partial charge is 0.356 e. The average molecular weight is 503 g/mol. The van der Waals surface area contributed by atoms with Crippen molar-refractivity contribution in [1.29, 1.82) is 0 Å². The van der Waals surface area contributed by atoms with Crippen LogP contribution < -0.4 is 10.2 Å². The fourth-order valence-corrected chi connectivity index (χ4v) is 4.00. The minimum atomic E-state index is -0.213. The van der Waals surface area contributed by atoms with Crippen molar-refractivity contribution >= 4 is 46.4 Å². The van der Waals surface area contributed by atoms with Crippen LogP contribution in [-0.4, -0.2) is 49.6 Å². The van der Waals surface area contributed by atoms with Crippen molar-refractivity contribution in [2.45, 2.75) is 25.8 Å². The Labute approximate surface area is 181 Å². The standard InChI is InChI=1S/C19H26FN5S.HI/c1-21-18(24(2)13-15-5-7-16(20)8-6-15)22-10-9-17-14-26-19(23-17)25-11-3-4-12-25;/h5-8,14H,3-4,9-13H2,1-2H3,(H,21,22);1H. The second kappa shape index (κ2) is 10.8. The molecule has 3 rings (SSSR count). The van der Waals surface area contributed by atoms with E-state index in [1.165, 1.54) is 25.0 Å². The summed E-state index contributed by atoms with van der Waals surface area (Å²) in [7, 11) is 3.75. The number of rotatable bonds is 6. The van der Waals surface area contributed by atoms with E-state index in [0.717, 1.165) is 48.4 Å². The predicted molar refractivity (Wildman–Crippen MR) is 122 cm³/mol. The van der Waals surface area contributed by atoms with Gasteiger partial charge in [-0.1, -0.05) is 12.1 Å². The highest BCUT2D eigenvalue weighted by molar-refractivity contribution is 14.0. The molecule has 0 bridgehead atoms. The Balaban J connectivity index is 0.00000261. The van der Waals surface area contributed by atoms with Gasteiger partial charge in [-0.05, 0) is 30.5 Å². The molecule has 8 heteroatoms. The monoisotopic (exact) mass is 503 g/mol. The number of aliphatic imine (C=N–C) groups is 1. The molecule has 0 atom stereocenters. The first kappa shape index (κ1) is 21.9. The van der Waals surface area contributed by atoms with Gasteiger partial charge in [-0.15, -0.1) is 35.3 Å². The number of anilines is 1. The van der Waals surface area contributed by atoms with Gasteiger partial charge in [0.2, 0.25) is 0 Å². The lowest BCUT2D eigenvalue weighted by atomic mass is 10.2. The second-order valence-corrected chi connectivity index (χ2v) is 7.36. The van der Waals surface area contributed by atoms with Crippen LogP contribution in [0, 0.1) is 5.82 Å². The number of hydrogen-bond acceptors (Lipinski definition) is 4. The number of nitrogens with zero attached hydrogens (tertiary/aromatic N) is 4. The summed E-state index contributed by atoms with van der Waals surface area (Å²) in [5, 5.41) is 6.68. The third kappa shape index (κ3) is 6.31. The first-order valence-corrected chi connectivity index (χ1v) is 9.89. The summed E-state index contributed by atoms with van der Waals surface area (Å²) in [5.74, 6) is 0.611. The zero-order valence-corrected chi connectivity index (χ0v) is 19.0. The van der Waals surface area contributed by atoms with Crippen molar-refractivity contribution in [2.75, 3.05) is 38.6 Å². The highest BCUT2D eigenvalue weighted by Gasteiger charge is 2.15. The number of halogens is 2. The molecule has 1 aromatic heterocycles. The van der Waals surface area contributed by atoms with Crippen LogP contribution in [0.3, 0.4) is 0 Å². The van der Waals surface area contributed by atoms with Crippen molar-refractivity contribution in [1.82, 2.24) is 15.2 Å². The molecule has 0 aliphatic carbocycles. The number of aromatic nitrogens is 1. The Morgan fingerprint density at radius 2 is 2.00 bits per heavy atom. The highest BCUT2D eigenvalue weighted by atomic mass is 127. The summed E-state index contributed by atoms with van der Waals surface area (Å²) in [6.45, 7) is 3.72. The topological polar surface area (TPSA) is 43.8 Å². The number of nitrogens with one attached hydrogen (secondary N) is 1. The molecule has 27 heavy (non-hydrogen) atoms. The van der Waals surface area contributed by atoms with Gasteiger partial charge in [0.05, 0.1) is 5.69 Å². The molecular weight excluding hydrogens is 476 g/mol. The van der Waals surface area contributed by atoms with Crippen molar-refractivity contribution in [2.24, 2.45) is 4.99 Å². The maximum absolute atomic E-state index is 13.0. The average Bonchev–Trinajstić information content (AvgIpc) is 3.32. The van der Waals surface area contributed by atoms with Gasteiger partial charge in [0.1, 0.15) is 5.82 Å². The van der Waals surface area contributed by atoms with Crippen LogP contribution in [0.2, 0.25) is 0 Å². The lowest BCUT2D eigenvalue weighted by molar-refractivity contribution is 0.476. The molecule has 0 unspecified atom stereocenters. The van der Waals surface area contributed by atoms with Crippen LogP contribution in [0.5, 0.6) is 0 Å². The van der Waals surface area contributed by atoms with Crippen LogP contribution >= 0.6 is 35.3 Å². The Morgan fingerprint density at radius 1 is 1.30 bits per heavy atom. The minimum Gasteiger partial charge on any atom is -0.356 e. The molecule has 1 fully saturated rings. The van der Waals surface area contributed by atoms with Gasteiger partial charge < -0.3 is 15.1 Å². The molecule has 148 valence electrons. The molecule has 1 aromatic carbocycles. The third-order valence-corrected chi connectivity index (χ3v) is 5.44. The molecule has 0 saturated carbocycles. The van der Waals surface area contributed by atoms with Gasteiger partial charge in [-0.2, -0.15) is 0 Å². The molecule has 0 radical (unpaired) electrons. The maximum Gasteiger partial charge on any atom is 0.193 e. The van der Waals surface area contributed by atoms with Gasteiger partial charge in [0, 0.05) is 52.1 Å². The molecule has 1 aliphatic heterocycles. The second-order valence-electron chi connectivity index (χ2n) is 6.52. The number of guanidine groups is 1. The van der Waals surface area contributed by atoms with Crippen molar-refractivity contribution in [3.05, 3.63) is 46.7 Å². The first-order valence-electron chi connectivity index (χ1n) is 9.01. The van der Waals surface area contributed by atoms with E-state index in [9.17, 15) is 4.39 Å². The summed E-state index contributed by atoms with van der Waals surface area (Å²) in [6, 6.07) is 6.57. The first-order chi connectivity index (χ1) is 12.7. The third-order valence-electron chi connectivity index (χ3n) is 4.49. The Bertz CT molecular complexity index is 728. The van der Waals surface area contributed by atoms with Crippen LogP contribution in [0.15, 0.2) is 34.6 Å². The Morgan fingerprint density at radius 3 is 2.67 bits per heavy atom. The Kier molecular flexibility index (Phi) is 8.75. The van der Waals surface area contributed by atoms with Gasteiger partial charge in [0.15, 0.2) is 11.1 Å². The quantitative estimate of drug-likeness (QED) is 0.371. The SMILES string of the molecule is CN=C(NCCc1csc(N2CCCC2)n1)N(C)Cc1ccc(F)cc1.I. The van der Waals surface area contributed by atoms with E-state index >= 15 is 0 Å². The lowest BCUT2D eigenvalue weighted by Crippen LogP contribution is -2.39. The fourth-order valence-electron chi connectivity index (χ4n) is 3.09. The zero-order chi connectivity index (χ0) is 18.4.